The maximum Gasteiger partial charge on any atom is 0.314 e. The lowest BCUT2D eigenvalue weighted by molar-refractivity contribution is -0.216. The molecule has 3 N–H and O–H groups in total. The molecule has 0 heterocycles. The number of fused-ring (bicyclic) bond motifs is 7. The third-order valence-electron chi connectivity index (χ3n) is 13.2. The van der Waals surface area contributed by atoms with Crippen LogP contribution in [0.4, 0.5) is 0 Å². The number of aliphatic hydroxyl groups excluding tert-OH is 1. The van der Waals surface area contributed by atoms with E-state index in [-0.39, 0.29) is 34.7 Å². The molecule has 0 aromatic heterocycles. The Hall–Kier alpha value is -1.36. The number of carboxylic acids is 2. The molecule has 6 unspecified atom stereocenters. The summed E-state index contributed by atoms with van der Waals surface area (Å²) in [4.78, 5) is 26.3. The molecule has 0 aromatic rings. The molecule has 0 amide bonds. The molecule has 0 radical (unpaired) electrons. The van der Waals surface area contributed by atoms with Crippen molar-refractivity contribution < 1.29 is 24.9 Å². The molecule has 0 spiro atoms. The summed E-state index contributed by atoms with van der Waals surface area (Å²) in [6.07, 6.45) is 8.62. The van der Waals surface area contributed by atoms with E-state index in [9.17, 15) is 24.9 Å². The Balaban J connectivity index is 1.68. The molecule has 0 aromatic carbocycles. The summed E-state index contributed by atoms with van der Waals surface area (Å²) >= 11 is 0. The Kier molecular flexibility index (Phi) is 5.48. The molecule has 196 valence electrons. The van der Waals surface area contributed by atoms with Crippen LogP contribution in [0.25, 0.3) is 0 Å². The van der Waals surface area contributed by atoms with E-state index in [0.29, 0.717) is 31.1 Å². The summed E-state index contributed by atoms with van der Waals surface area (Å²) in [5.74, 6) is -0.563. The van der Waals surface area contributed by atoms with Crippen LogP contribution < -0.4 is 0 Å². The van der Waals surface area contributed by atoms with Gasteiger partial charge in [0.2, 0.25) is 0 Å². The number of hydrogen-bond donors (Lipinski definition) is 3. The topological polar surface area (TPSA) is 94.8 Å². The smallest absolute Gasteiger partial charge is 0.314 e. The van der Waals surface area contributed by atoms with Crippen LogP contribution in [0.3, 0.4) is 0 Å². The van der Waals surface area contributed by atoms with Crippen molar-refractivity contribution in [2.75, 3.05) is 0 Å². The van der Waals surface area contributed by atoms with Crippen LogP contribution in [0, 0.1) is 56.7 Å². The lowest BCUT2D eigenvalue weighted by Gasteiger charge is -2.70. The largest absolute Gasteiger partial charge is 0.481 e. The highest BCUT2D eigenvalue weighted by Crippen LogP contribution is 2.75. The third kappa shape index (κ3) is 2.85. The van der Waals surface area contributed by atoms with Crippen molar-refractivity contribution in [2.24, 2.45) is 56.7 Å². The van der Waals surface area contributed by atoms with Gasteiger partial charge in [0.1, 0.15) is 0 Å². The van der Waals surface area contributed by atoms with Crippen molar-refractivity contribution in [2.45, 2.75) is 105 Å². The van der Waals surface area contributed by atoms with E-state index < -0.39 is 28.2 Å². The molecule has 35 heavy (non-hydrogen) atoms. The zero-order chi connectivity index (χ0) is 25.8. The van der Waals surface area contributed by atoms with Crippen LogP contribution in [0.2, 0.25) is 0 Å². The highest BCUT2D eigenvalue weighted by molar-refractivity contribution is 5.84. The summed E-state index contributed by atoms with van der Waals surface area (Å²) in [5, 5.41) is 32.5. The van der Waals surface area contributed by atoms with Crippen LogP contribution in [0.1, 0.15) is 99.3 Å². The first-order chi connectivity index (χ1) is 16.2. The maximum absolute atomic E-state index is 13.5. The van der Waals surface area contributed by atoms with Gasteiger partial charge in [-0.15, -0.1) is 0 Å². The molecule has 5 nitrogen and oxygen atoms in total. The predicted molar refractivity (Wildman–Crippen MR) is 135 cm³/mol. The minimum atomic E-state index is -1.00. The second kappa shape index (κ2) is 7.58. The highest BCUT2D eigenvalue weighted by Gasteiger charge is 2.73. The van der Waals surface area contributed by atoms with Crippen molar-refractivity contribution in [3.05, 3.63) is 11.6 Å². The van der Waals surface area contributed by atoms with Crippen LogP contribution in [-0.4, -0.2) is 33.4 Å². The van der Waals surface area contributed by atoms with Gasteiger partial charge in [-0.1, -0.05) is 53.2 Å². The van der Waals surface area contributed by atoms with Crippen molar-refractivity contribution in [1.29, 1.82) is 0 Å². The minimum Gasteiger partial charge on any atom is -0.481 e. The summed E-state index contributed by atoms with van der Waals surface area (Å²) < 4.78 is 0. The Labute approximate surface area is 210 Å². The molecule has 4 saturated carbocycles. The molecule has 5 aliphatic rings. The van der Waals surface area contributed by atoms with E-state index in [1.807, 2.05) is 0 Å². The Morgan fingerprint density at radius 1 is 0.857 bits per heavy atom. The highest BCUT2D eigenvalue weighted by atomic mass is 16.4. The van der Waals surface area contributed by atoms with Gasteiger partial charge in [0.25, 0.3) is 0 Å². The number of hydrogen-bond acceptors (Lipinski definition) is 3. The first-order valence-electron chi connectivity index (χ1n) is 14.1. The van der Waals surface area contributed by atoms with E-state index in [0.717, 1.165) is 44.1 Å². The lowest BCUT2D eigenvalue weighted by atomic mass is 9.33. The summed E-state index contributed by atoms with van der Waals surface area (Å²) in [7, 11) is 0. The summed E-state index contributed by atoms with van der Waals surface area (Å²) in [6, 6.07) is 0. The van der Waals surface area contributed by atoms with Crippen molar-refractivity contribution in [3.63, 3.8) is 0 Å². The lowest BCUT2D eigenvalue weighted by Crippen LogP contribution is -2.67. The molecular formula is C30H46O5. The van der Waals surface area contributed by atoms with Crippen LogP contribution >= 0.6 is 0 Å². The van der Waals surface area contributed by atoms with Gasteiger partial charge in [-0.3, -0.25) is 9.59 Å². The van der Waals surface area contributed by atoms with E-state index in [4.69, 9.17) is 0 Å². The number of allylic oxidation sites excluding steroid dienone is 1. The SMILES string of the molecule is CC1CC[C@]2(C(=O)O)CC[C@]3(C(=O)O)C(=CCC4[C@@]5(C)CCC(O)C(C)(C)C5CC[C@]43C)C2C1C. The molecule has 5 aliphatic carbocycles. The van der Waals surface area contributed by atoms with Gasteiger partial charge in [-0.25, -0.2) is 0 Å². The second-order valence-corrected chi connectivity index (χ2v) is 14.4. The van der Waals surface area contributed by atoms with Gasteiger partial charge >= 0.3 is 11.9 Å². The predicted octanol–water partition coefficient (Wildman–Crippen LogP) is 6.15. The summed E-state index contributed by atoms with van der Waals surface area (Å²) in [5.41, 5.74) is -1.53. The molecular weight excluding hydrogens is 440 g/mol. The molecule has 4 fully saturated rings. The molecule has 0 bridgehead atoms. The van der Waals surface area contributed by atoms with Gasteiger partial charge in [0.15, 0.2) is 0 Å². The maximum atomic E-state index is 13.5. The fourth-order valence-electron chi connectivity index (χ4n) is 11.0. The quantitative estimate of drug-likeness (QED) is 0.407. The third-order valence-corrected chi connectivity index (χ3v) is 13.2. The summed E-state index contributed by atoms with van der Waals surface area (Å²) in [6.45, 7) is 13.4. The molecule has 5 rings (SSSR count). The van der Waals surface area contributed by atoms with Crippen LogP contribution in [0.5, 0.6) is 0 Å². The average molecular weight is 487 g/mol. The van der Waals surface area contributed by atoms with Crippen molar-refractivity contribution in [1.82, 2.24) is 0 Å². The Bertz CT molecular complexity index is 968. The van der Waals surface area contributed by atoms with Gasteiger partial charge < -0.3 is 15.3 Å². The fraction of sp³-hybridized carbons (Fsp3) is 0.867. The number of carbonyl (C=O) groups is 2. The van der Waals surface area contributed by atoms with Gasteiger partial charge in [-0.2, -0.15) is 0 Å². The van der Waals surface area contributed by atoms with Crippen molar-refractivity contribution in [3.8, 4) is 0 Å². The van der Waals surface area contributed by atoms with Gasteiger partial charge in [-0.05, 0) is 104 Å². The van der Waals surface area contributed by atoms with Gasteiger partial charge in [0, 0.05) is 0 Å². The molecule has 5 heteroatoms. The normalized spacial score (nSPS) is 52.7. The van der Waals surface area contributed by atoms with E-state index in [1.165, 1.54) is 0 Å². The number of carboxylic acid groups (broad SMARTS) is 2. The van der Waals surface area contributed by atoms with E-state index in [1.54, 1.807) is 0 Å². The minimum absolute atomic E-state index is 0.0347. The molecule has 0 saturated heterocycles. The number of rotatable bonds is 2. The zero-order valence-corrected chi connectivity index (χ0v) is 22.6. The fourth-order valence-corrected chi connectivity index (χ4v) is 11.0. The molecule has 0 aliphatic heterocycles. The Morgan fingerprint density at radius 3 is 2.17 bits per heavy atom. The number of aliphatic carboxylic acids is 2. The standard InChI is InChI=1S/C30H46O5/c1-17-9-14-29(24(32)33)15-16-30(25(34)35)19(23(29)18(17)2)7-8-21-27(5)12-11-22(31)26(3,4)20(27)10-13-28(21,30)6/h7,17-18,20-23,31H,8-16H2,1-6H3,(H,32,33)(H,34,35)/t17?,18?,20?,21?,22?,23?,27-,28+,29-,30+/m0/s1. The van der Waals surface area contributed by atoms with Crippen molar-refractivity contribution >= 4 is 11.9 Å². The molecule has 10 atom stereocenters. The first kappa shape index (κ1) is 25.3. The van der Waals surface area contributed by atoms with Crippen LogP contribution in [-0.2, 0) is 9.59 Å². The number of aliphatic hydroxyl groups is 1. The monoisotopic (exact) mass is 486 g/mol. The van der Waals surface area contributed by atoms with E-state index >= 15 is 0 Å². The zero-order valence-electron chi connectivity index (χ0n) is 22.6. The van der Waals surface area contributed by atoms with Gasteiger partial charge in [0.05, 0.1) is 16.9 Å². The Morgan fingerprint density at radius 2 is 1.54 bits per heavy atom. The first-order valence-corrected chi connectivity index (χ1v) is 14.1. The van der Waals surface area contributed by atoms with Crippen LogP contribution in [0.15, 0.2) is 11.6 Å². The average Bonchev–Trinajstić information content (AvgIpc) is 2.78. The van der Waals surface area contributed by atoms with E-state index in [2.05, 4.69) is 47.6 Å². The second-order valence-electron chi connectivity index (χ2n) is 14.4.